The third-order valence-corrected chi connectivity index (χ3v) is 4.04. The van der Waals surface area contributed by atoms with Crippen molar-refractivity contribution in [3.05, 3.63) is 15.9 Å². The molecule has 0 saturated carbocycles. The molecular formula is C15H24N3OS+. The lowest BCUT2D eigenvalue weighted by molar-refractivity contribution is 0.277. The van der Waals surface area contributed by atoms with E-state index in [1.807, 2.05) is 0 Å². The van der Waals surface area contributed by atoms with Crippen molar-refractivity contribution in [3.8, 4) is 6.07 Å². The highest BCUT2D eigenvalue weighted by molar-refractivity contribution is 8.00. The Morgan fingerprint density at radius 3 is 3.20 bits per heavy atom. The summed E-state index contributed by atoms with van der Waals surface area (Å²) < 4.78 is 14.3. The van der Waals surface area contributed by atoms with E-state index in [4.69, 9.17) is 4.74 Å². The first-order chi connectivity index (χ1) is 9.81. The van der Waals surface area contributed by atoms with Gasteiger partial charge in [0.05, 0.1) is 6.61 Å². The normalized spacial score (nSPS) is 22.6. The summed E-state index contributed by atoms with van der Waals surface area (Å²) in [6.45, 7) is 5.04. The molecule has 0 aromatic heterocycles. The van der Waals surface area contributed by atoms with Gasteiger partial charge in [0.1, 0.15) is 0 Å². The molecule has 4 nitrogen and oxygen atoms in total. The van der Waals surface area contributed by atoms with Crippen molar-refractivity contribution in [2.75, 3.05) is 26.7 Å². The van der Waals surface area contributed by atoms with Crippen molar-refractivity contribution in [2.24, 2.45) is 10.3 Å². The summed E-state index contributed by atoms with van der Waals surface area (Å²) in [6, 6.07) is 3.15. The van der Waals surface area contributed by atoms with Crippen LogP contribution in [0.4, 0.5) is 0 Å². The standard InChI is InChI=1S/C15H24N3OS/c1-3-4-5-6-10-19-15-14(11-16-20-17-15)13-8-7-9-18(2)12-13/h8,14H,3-7,9-10,12H2,1-2H3/q+1. The van der Waals surface area contributed by atoms with Crippen LogP contribution in [-0.4, -0.2) is 37.5 Å². The third-order valence-electron chi connectivity index (χ3n) is 3.59. The van der Waals surface area contributed by atoms with E-state index in [9.17, 15) is 0 Å². The maximum absolute atomic E-state index is 5.88. The first kappa shape index (κ1) is 15.4. The Balaban J connectivity index is 1.87. The molecule has 0 saturated heterocycles. The summed E-state index contributed by atoms with van der Waals surface area (Å²) in [4.78, 5) is 2.32. The number of unbranched alkanes of at least 4 members (excludes halogenated alkanes) is 3. The van der Waals surface area contributed by atoms with Gasteiger partial charge in [-0.2, -0.15) is 0 Å². The van der Waals surface area contributed by atoms with Gasteiger partial charge in [0.2, 0.25) is 5.90 Å². The summed E-state index contributed by atoms with van der Waals surface area (Å²) in [7, 11) is 2.14. The molecular weight excluding hydrogens is 270 g/mol. The molecule has 0 radical (unpaired) electrons. The molecule has 2 aliphatic heterocycles. The van der Waals surface area contributed by atoms with E-state index >= 15 is 0 Å². The van der Waals surface area contributed by atoms with Crippen LogP contribution in [0.3, 0.4) is 0 Å². The van der Waals surface area contributed by atoms with Crippen LogP contribution in [0.25, 0.3) is 4.25 Å². The lowest BCUT2D eigenvalue weighted by Gasteiger charge is -2.25. The van der Waals surface area contributed by atoms with Crippen molar-refractivity contribution >= 4 is 18.0 Å². The lowest BCUT2D eigenvalue weighted by atomic mass is 9.96. The second kappa shape index (κ2) is 8.33. The predicted molar refractivity (Wildman–Crippen MR) is 86.1 cm³/mol. The molecule has 1 atom stereocenters. The third kappa shape index (κ3) is 4.53. The highest BCUT2D eigenvalue weighted by Crippen LogP contribution is 2.25. The molecule has 0 N–H and O–H groups in total. The van der Waals surface area contributed by atoms with Gasteiger partial charge in [-0.15, -0.1) is 0 Å². The van der Waals surface area contributed by atoms with Gasteiger partial charge in [0, 0.05) is 17.3 Å². The Morgan fingerprint density at radius 1 is 1.50 bits per heavy atom. The zero-order valence-corrected chi connectivity index (χ0v) is 13.3. The van der Waals surface area contributed by atoms with Crippen LogP contribution in [0, 0.1) is 12.0 Å². The van der Waals surface area contributed by atoms with Crippen molar-refractivity contribution in [1.82, 2.24) is 4.90 Å². The van der Waals surface area contributed by atoms with E-state index in [2.05, 4.69) is 39.7 Å². The largest absolute Gasteiger partial charge is 0.479 e. The fraction of sp³-hybridized carbons (Fsp3) is 0.733. The maximum atomic E-state index is 5.88. The second-order valence-corrected chi connectivity index (χ2v) is 5.91. The lowest BCUT2D eigenvalue weighted by Crippen LogP contribution is -2.31. The first-order valence-electron chi connectivity index (χ1n) is 7.51. The first-order valence-corrected chi connectivity index (χ1v) is 8.24. The van der Waals surface area contributed by atoms with Crippen LogP contribution in [-0.2, 0) is 4.74 Å². The minimum Gasteiger partial charge on any atom is -0.479 e. The molecule has 20 heavy (non-hydrogen) atoms. The van der Waals surface area contributed by atoms with Gasteiger partial charge >= 0.3 is 18.2 Å². The topological polar surface area (TPSA) is 29.2 Å². The van der Waals surface area contributed by atoms with Crippen LogP contribution >= 0.6 is 12.1 Å². The van der Waals surface area contributed by atoms with Crippen LogP contribution in [0.5, 0.6) is 0 Å². The molecule has 110 valence electrons. The molecule has 0 aliphatic carbocycles. The Morgan fingerprint density at radius 2 is 2.40 bits per heavy atom. The summed E-state index contributed by atoms with van der Waals surface area (Å²) in [5.74, 6) is 0.799. The molecule has 0 aromatic rings. The van der Waals surface area contributed by atoms with E-state index in [-0.39, 0.29) is 5.92 Å². The van der Waals surface area contributed by atoms with Gasteiger partial charge in [0.25, 0.3) is 0 Å². The van der Waals surface area contributed by atoms with Crippen molar-refractivity contribution < 1.29 is 4.74 Å². The van der Waals surface area contributed by atoms with Gasteiger partial charge in [-0.1, -0.05) is 36.7 Å². The number of rotatable bonds is 6. The van der Waals surface area contributed by atoms with E-state index in [1.165, 1.54) is 37.0 Å². The van der Waals surface area contributed by atoms with Crippen LogP contribution in [0.2, 0.25) is 0 Å². The van der Waals surface area contributed by atoms with E-state index in [0.717, 1.165) is 38.4 Å². The molecule has 2 aliphatic rings. The average molecular weight is 294 g/mol. The minimum absolute atomic E-state index is 0.0187. The monoisotopic (exact) mass is 294 g/mol. The van der Waals surface area contributed by atoms with Crippen molar-refractivity contribution in [3.63, 3.8) is 0 Å². The zero-order valence-electron chi connectivity index (χ0n) is 12.5. The highest BCUT2D eigenvalue weighted by atomic mass is 32.2. The van der Waals surface area contributed by atoms with E-state index in [1.54, 1.807) is 0 Å². The molecule has 0 amide bonds. The molecule has 1 unspecified atom stereocenters. The molecule has 0 fully saturated rings. The van der Waals surface area contributed by atoms with Gasteiger partial charge in [-0.3, -0.25) is 0 Å². The number of likely N-dealkylation sites (N-methyl/N-ethyl adjacent to an activating group) is 1. The molecule has 5 heteroatoms. The molecule has 2 heterocycles. The Hall–Kier alpha value is -0.990. The van der Waals surface area contributed by atoms with Gasteiger partial charge in [0.15, 0.2) is 5.92 Å². The Bertz CT molecular complexity index is 436. The fourth-order valence-electron chi connectivity index (χ4n) is 2.44. The SMILES string of the molecule is CCCCCCOC1=NS[N+]#CC1C1=CCCN(C)C1. The molecule has 2 rings (SSSR count). The fourth-order valence-corrected chi connectivity index (χ4v) is 2.87. The summed E-state index contributed by atoms with van der Waals surface area (Å²) >= 11 is 1.18. The number of hydrogen-bond acceptors (Lipinski definition) is 4. The average Bonchev–Trinajstić information content (AvgIpc) is 2.47. The molecule has 0 bridgehead atoms. The van der Waals surface area contributed by atoms with E-state index in [0.29, 0.717) is 0 Å². The Labute approximate surface area is 126 Å². The predicted octanol–water partition coefficient (Wildman–Crippen LogP) is 3.77. The minimum atomic E-state index is 0.0187. The zero-order chi connectivity index (χ0) is 14.2. The number of hydrogen-bond donors (Lipinski definition) is 0. The van der Waals surface area contributed by atoms with Crippen LogP contribution < -0.4 is 0 Å². The van der Waals surface area contributed by atoms with Crippen molar-refractivity contribution in [1.29, 1.82) is 0 Å². The van der Waals surface area contributed by atoms with Gasteiger partial charge in [-0.05, 0) is 25.5 Å². The van der Waals surface area contributed by atoms with Gasteiger partial charge < -0.3 is 9.64 Å². The van der Waals surface area contributed by atoms with Gasteiger partial charge in [-0.25, -0.2) is 0 Å². The maximum Gasteiger partial charge on any atom is 0.465 e. The highest BCUT2D eigenvalue weighted by Gasteiger charge is 2.31. The smallest absolute Gasteiger partial charge is 0.465 e. The van der Waals surface area contributed by atoms with Crippen molar-refractivity contribution in [2.45, 2.75) is 39.0 Å². The number of ether oxygens (including phenoxy) is 1. The summed E-state index contributed by atoms with van der Waals surface area (Å²) in [5.41, 5.74) is 1.31. The summed E-state index contributed by atoms with van der Waals surface area (Å²) in [5, 5.41) is 0. The molecule has 0 aromatic carbocycles. The van der Waals surface area contributed by atoms with Crippen LogP contribution in [0.1, 0.15) is 39.0 Å². The molecule has 0 spiro atoms. The number of nitrogens with zero attached hydrogens (tertiary/aromatic N) is 3. The summed E-state index contributed by atoms with van der Waals surface area (Å²) in [6.07, 6.45) is 8.22. The second-order valence-electron chi connectivity index (χ2n) is 5.38. The Kier molecular flexibility index (Phi) is 6.41. The quantitative estimate of drug-likeness (QED) is 0.424. The van der Waals surface area contributed by atoms with Crippen LogP contribution in [0.15, 0.2) is 16.0 Å². The van der Waals surface area contributed by atoms with E-state index < -0.39 is 0 Å².